The van der Waals surface area contributed by atoms with Gasteiger partial charge in [-0.1, -0.05) is 11.8 Å². The molecule has 0 spiro atoms. The fourth-order valence-corrected chi connectivity index (χ4v) is 5.99. The normalized spacial score (nSPS) is 10.6. The predicted octanol–water partition coefficient (Wildman–Crippen LogP) is 2.88. The monoisotopic (exact) mass is 1010 g/mol. The first-order chi connectivity index (χ1) is 34.8. The van der Waals surface area contributed by atoms with E-state index in [1.807, 2.05) is 11.0 Å². The molecule has 0 fully saturated rings. The van der Waals surface area contributed by atoms with Crippen LogP contribution in [0.3, 0.4) is 0 Å². The fraction of sp³-hybridized carbons (Fsp3) is 0.388. The SMILES string of the molecule is C#CC#CC#CC#CC(CC(=O)NCCOCCOCCOCCN(CCOCCOCCNC(=O)CC(C#CC#CC#CC#C)C(=O)O)c1ccc(/N=N/c2sc([N+](=O)[O-])cc2[N+](=O)[O-])c(C)c1)C(=O)O. The number of hydrogen-bond acceptors (Lipinski definition) is 17. The van der Waals surface area contributed by atoms with Crippen LogP contribution in [-0.2, 0) is 42.9 Å². The Bertz CT molecular complexity index is 2730. The molecule has 0 aliphatic rings. The van der Waals surface area contributed by atoms with Gasteiger partial charge in [-0.05, 0) is 113 Å². The Morgan fingerprint density at radius 2 is 1.10 bits per heavy atom. The number of ether oxygens (including phenoxy) is 5. The molecule has 2 amide bonds. The number of benzene rings is 1. The van der Waals surface area contributed by atoms with E-state index < -0.39 is 56.1 Å². The molecule has 0 saturated heterocycles. The number of carboxylic acid groups (broad SMARTS) is 2. The number of hydrogen-bond donors (Lipinski definition) is 4. The number of nitrogens with zero attached hydrogens (tertiary/aromatic N) is 5. The zero-order valence-electron chi connectivity index (χ0n) is 38.8. The molecule has 4 N–H and O–H groups in total. The van der Waals surface area contributed by atoms with Gasteiger partial charge in [-0.15, -0.1) is 23.1 Å². The molecule has 0 bridgehead atoms. The molecule has 2 unspecified atom stereocenters. The van der Waals surface area contributed by atoms with Gasteiger partial charge in [0.1, 0.15) is 17.9 Å². The largest absolute Gasteiger partial charge is 0.480 e. The van der Waals surface area contributed by atoms with Crippen molar-refractivity contribution in [3.8, 4) is 95.7 Å². The van der Waals surface area contributed by atoms with E-state index in [1.54, 1.807) is 19.1 Å². The number of rotatable bonds is 32. The molecule has 0 saturated carbocycles. The van der Waals surface area contributed by atoms with E-state index in [0.717, 1.165) is 11.8 Å². The number of amides is 2. The third kappa shape index (κ3) is 26.1. The first-order valence-corrected chi connectivity index (χ1v) is 22.1. The van der Waals surface area contributed by atoms with Crippen molar-refractivity contribution in [3.63, 3.8) is 0 Å². The summed E-state index contributed by atoms with van der Waals surface area (Å²) >= 11 is 0.535. The second-order valence-electron chi connectivity index (χ2n) is 13.7. The van der Waals surface area contributed by atoms with E-state index in [-0.39, 0.29) is 97.0 Å². The Labute approximate surface area is 419 Å². The van der Waals surface area contributed by atoms with Gasteiger partial charge in [0.25, 0.3) is 0 Å². The number of nitrogens with one attached hydrogen (secondary N) is 2. The number of terminal acetylenes is 2. The minimum atomic E-state index is -1.28. The van der Waals surface area contributed by atoms with Crippen molar-refractivity contribution in [1.82, 2.24) is 10.6 Å². The molecular formula is C49H47N7O15S. The Hall–Kier alpha value is -8.72. The number of aliphatic carboxylic acids is 2. The van der Waals surface area contributed by atoms with Gasteiger partial charge < -0.3 is 49.4 Å². The first-order valence-electron chi connectivity index (χ1n) is 21.3. The number of nitro groups is 2. The van der Waals surface area contributed by atoms with Gasteiger partial charge in [-0.25, -0.2) is 0 Å². The van der Waals surface area contributed by atoms with Crippen molar-refractivity contribution < 1.29 is 62.9 Å². The highest BCUT2D eigenvalue weighted by Crippen LogP contribution is 2.42. The highest BCUT2D eigenvalue weighted by atomic mass is 32.1. The van der Waals surface area contributed by atoms with Crippen LogP contribution in [0.25, 0.3) is 0 Å². The number of anilines is 1. The lowest BCUT2D eigenvalue weighted by atomic mass is 10.1. The van der Waals surface area contributed by atoms with Gasteiger partial charge >= 0.3 is 22.6 Å². The highest BCUT2D eigenvalue weighted by molar-refractivity contribution is 7.19. The molecule has 72 heavy (non-hydrogen) atoms. The van der Waals surface area contributed by atoms with Gasteiger partial charge in [-0.3, -0.25) is 39.4 Å². The third-order valence-electron chi connectivity index (χ3n) is 8.63. The zero-order chi connectivity index (χ0) is 52.8. The van der Waals surface area contributed by atoms with Crippen LogP contribution in [-0.4, -0.2) is 136 Å². The molecule has 2 aromatic rings. The lowest BCUT2D eigenvalue weighted by Gasteiger charge is -2.25. The van der Waals surface area contributed by atoms with Crippen LogP contribution >= 0.6 is 11.3 Å². The van der Waals surface area contributed by atoms with Gasteiger partial charge in [0.15, 0.2) is 0 Å². The van der Waals surface area contributed by atoms with Gasteiger partial charge in [0, 0.05) is 31.9 Å². The molecule has 0 aliphatic heterocycles. The van der Waals surface area contributed by atoms with Crippen LogP contribution in [0.15, 0.2) is 34.5 Å². The van der Waals surface area contributed by atoms with Crippen molar-refractivity contribution in [3.05, 3.63) is 50.1 Å². The van der Waals surface area contributed by atoms with Crippen molar-refractivity contribution in [1.29, 1.82) is 0 Å². The fourth-order valence-electron chi connectivity index (χ4n) is 5.23. The summed E-state index contributed by atoms with van der Waals surface area (Å²) in [5, 5.41) is 53.8. The molecule has 0 radical (unpaired) electrons. The Morgan fingerprint density at radius 3 is 1.53 bits per heavy atom. The quantitative estimate of drug-likeness (QED) is 0.0269. The zero-order valence-corrected chi connectivity index (χ0v) is 39.6. The van der Waals surface area contributed by atoms with Crippen LogP contribution in [0.4, 0.5) is 27.1 Å². The topological polar surface area (TPSA) is 293 Å². The van der Waals surface area contributed by atoms with Gasteiger partial charge in [-0.2, -0.15) is 0 Å². The Balaban J connectivity index is 1.85. The number of carboxylic acids is 2. The summed E-state index contributed by atoms with van der Waals surface area (Å²) in [6, 6.07) is 6.07. The molecule has 1 aromatic carbocycles. The van der Waals surface area contributed by atoms with Crippen molar-refractivity contribution in [2.45, 2.75) is 19.8 Å². The van der Waals surface area contributed by atoms with Crippen molar-refractivity contribution >= 4 is 62.2 Å². The molecular weight excluding hydrogens is 959 g/mol. The lowest BCUT2D eigenvalue weighted by Crippen LogP contribution is -2.32. The molecule has 2 rings (SSSR count). The van der Waals surface area contributed by atoms with Crippen molar-refractivity contribution in [2.24, 2.45) is 22.1 Å². The van der Waals surface area contributed by atoms with E-state index >= 15 is 0 Å². The number of carbonyl (C=O) groups excluding carboxylic acids is 2. The molecule has 374 valence electrons. The number of carbonyl (C=O) groups is 4. The number of thiophene rings is 1. The van der Waals surface area contributed by atoms with Crippen LogP contribution in [0.5, 0.6) is 0 Å². The molecule has 0 aliphatic carbocycles. The Kier molecular flexibility index (Phi) is 29.9. The minimum absolute atomic E-state index is 0.119. The molecule has 1 heterocycles. The maximum absolute atomic E-state index is 12.2. The molecule has 22 nitrogen and oxygen atoms in total. The van der Waals surface area contributed by atoms with E-state index in [2.05, 4.69) is 104 Å². The van der Waals surface area contributed by atoms with Crippen LogP contribution in [0.1, 0.15) is 18.4 Å². The maximum atomic E-state index is 12.2. The summed E-state index contributed by atoms with van der Waals surface area (Å²) in [5.41, 5.74) is 1.26. The maximum Gasteiger partial charge on any atom is 0.333 e. The standard InChI is InChI=1S/C49H47N7O15S/c1-4-6-8-10-12-14-16-39(48(59)60)35-44(57)50-20-24-67-28-30-69-26-22-54(41-18-19-42(38(3)34-41)52-53-47-43(55(63)64)37-46(72-47)56(65)66)23-27-70-31-33-71-32-29-68-25-21-51-45(58)36-40(49(61)62)17-15-13-11-9-7-5-2/h1-2,18-19,34,37,39-40H,20-33,35-36H2,3H3,(H,50,57)(H,51,58)(H,59,60)(H,61,62)/b53-52+. The summed E-state index contributed by atoms with van der Waals surface area (Å²) in [7, 11) is 0. The second-order valence-corrected chi connectivity index (χ2v) is 14.7. The summed E-state index contributed by atoms with van der Waals surface area (Å²) in [6.07, 6.45) is 9.20. The smallest absolute Gasteiger partial charge is 0.333 e. The van der Waals surface area contributed by atoms with E-state index in [1.165, 1.54) is 0 Å². The molecule has 1 aromatic heterocycles. The van der Waals surface area contributed by atoms with E-state index in [4.69, 9.17) is 36.5 Å². The summed E-state index contributed by atoms with van der Waals surface area (Å²) in [4.78, 5) is 70.4. The van der Waals surface area contributed by atoms with Gasteiger partial charge in [0.05, 0.1) is 94.4 Å². The molecule has 23 heteroatoms. The summed E-state index contributed by atoms with van der Waals surface area (Å²) < 4.78 is 28.1. The van der Waals surface area contributed by atoms with Crippen LogP contribution in [0, 0.1) is 135 Å². The van der Waals surface area contributed by atoms with Crippen LogP contribution < -0.4 is 15.5 Å². The van der Waals surface area contributed by atoms with E-state index in [0.29, 0.717) is 35.7 Å². The number of aryl methyl sites for hydroxylation is 1. The third-order valence-corrected chi connectivity index (χ3v) is 9.59. The minimum Gasteiger partial charge on any atom is -0.480 e. The van der Waals surface area contributed by atoms with Crippen molar-refractivity contribution in [2.75, 3.05) is 97.1 Å². The molecule has 2 atom stereocenters. The summed E-state index contributed by atoms with van der Waals surface area (Å²) in [5.74, 6) is 26.1. The van der Waals surface area contributed by atoms with E-state index in [9.17, 15) is 49.6 Å². The Morgan fingerprint density at radius 1 is 0.653 bits per heavy atom. The summed E-state index contributed by atoms with van der Waals surface area (Å²) in [6.45, 7) is 5.09. The average Bonchev–Trinajstić information content (AvgIpc) is 3.79. The second kappa shape index (κ2) is 36.3. The van der Waals surface area contributed by atoms with Gasteiger partial charge in [0.2, 0.25) is 16.8 Å². The average molecular weight is 1010 g/mol. The predicted molar refractivity (Wildman–Crippen MR) is 261 cm³/mol. The lowest BCUT2D eigenvalue weighted by molar-refractivity contribution is -0.389. The van der Waals surface area contributed by atoms with Crippen LogP contribution in [0.2, 0.25) is 0 Å². The number of azo groups is 1. The first kappa shape index (κ1) is 59.4. The highest BCUT2D eigenvalue weighted by Gasteiger charge is 2.25.